The molecule has 4 rings (SSSR count). The SMILES string of the molecule is c1ccc(COc2ccc(C(c3ccsc3)N3CCCNCC3)cc2)cc1. The van der Waals surface area contributed by atoms with Gasteiger partial charge in [-0.25, -0.2) is 0 Å². The first-order chi connectivity index (χ1) is 13.4. The van der Waals surface area contributed by atoms with Crippen LogP contribution in [0.4, 0.5) is 0 Å². The smallest absolute Gasteiger partial charge is 0.119 e. The highest BCUT2D eigenvalue weighted by atomic mass is 32.1. The Labute approximate surface area is 165 Å². The van der Waals surface area contributed by atoms with E-state index in [0.717, 1.165) is 31.9 Å². The first kappa shape index (κ1) is 18.2. The molecule has 1 saturated heterocycles. The quantitative estimate of drug-likeness (QED) is 0.672. The molecule has 0 radical (unpaired) electrons. The van der Waals surface area contributed by atoms with Gasteiger partial charge in [-0.1, -0.05) is 42.5 Å². The standard InChI is InChI=1S/C23H26N2OS/c1-2-5-19(6-3-1)17-26-22-9-7-20(8-10-22)23(21-11-16-27-18-21)25-14-4-12-24-13-15-25/h1-3,5-11,16,18,23-24H,4,12-15,17H2. The minimum Gasteiger partial charge on any atom is -0.489 e. The van der Waals surface area contributed by atoms with E-state index in [-0.39, 0.29) is 0 Å². The second-order valence-electron chi connectivity index (χ2n) is 6.94. The summed E-state index contributed by atoms with van der Waals surface area (Å²) in [4.78, 5) is 2.60. The topological polar surface area (TPSA) is 24.5 Å². The average Bonchev–Trinajstić information content (AvgIpc) is 3.11. The number of nitrogens with zero attached hydrogens (tertiary/aromatic N) is 1. The van der Waals surface area contributed by atoms with Crippen molar-refractivity contribution in [3.05, 3.63) is 88.1 Å². The van der Waals surface area contributed by atoms with Gasteiger partial charge >= 0.3 is 0 Å². The molecule has 2 aromatic carbocycles. The maximum Gasteiger partial charge on any atom is 0.119 e. The van der Waals surface area contributed by atoms with Crippen molar-refractivity contribution in [3.8, 4) is 5.75 Å². The van der Waals surface area contributed by atoms with Crippen molar-refractivity contribution in [2.24, 2.45) is 0 Å². The van der Waals surface area contributed by atoms with Gasteiger partial charge in [0.05, 0.1) is 6.04 Å². The molecule has 2 heterocycles. The molecular weight excluding hydrogens is 352 g/mol. The summed E-state index contributed by atoms with van der Waals surface area (Å²) in [6, 6.07) is 21.5. The Morgan fingerprint density at radius 2 is 1.78 bits per heavy atom. The van der Waals surface area contributed by atoms with Crippen molar-refractivity contribution in [2.75, 3.05) is 26.2 Å². The number of thiophene rings is 1. The van der Waals surface area contributed by atoms with Gasteiger partial charge in [0.25, 0.3) is 0 Å². The fourth-order valence-electron chi connectivity index (χ4n) is 3.66. The molecule has 1 unspecified atom stereocenters. The van der Waals surface area contributed by atoms with E-state index >= 15 is 0 Å². The van der Waals surface area contributed by atoms with Crippen LogP contribution >= 0.6 is 11.3 Å². The van der Waals surface area contributed by atoms with Gasteiger partial charge in [0.2, 0.25) is 0 Å². The predicted octanol–water partition coefficient (Wildman–Crippen LogP) is 4.71. The van der Waals surface area contributed by atoms with E-state index in [1.54, 1.807) is 11.3 Å². The first-order valence-corrected chi connectivity index (χ1v) is 10.6. The zero-order valence-corrected chi connectivity index (χ0v) is 16.3. The molecule has 4 heteroatoms. The summed E-state index contributed by atoms with van der Waals surface area (Å²) >= 11 is 1.77. The third kappa shape index (κ3) is 4.78. The average molecular weight is 379 g/mol. The molecule has 27 heavy (non-hydrogen) atoms. The van der Waals surface area contributed by atoms with Gasteiger partial charge in [-0.2, -0.15) is 11.3 Å². The Balaban J connectivity index is 1.50. The fourth-order valence-corrected chi connectivity index (χ4v) is 4.34. The van der Waals surface area contributed by atoms with Crippen LogP contribution in [0.3, 0.4) is 0 Å². The van der Waals surface area contributed by atoms with Gasteiger partial charge in [0.1, 0.15) is 12.4 Å². The van der Waals surface area contributed by atoms with Crippen LogP contribution in [0.1, 0.15) is 29.2 Å². The van der Waals surface area contributed by atoms with Crippen LogP contribution in [0.2, 0.25) is 0 Å². The minimum atomic E-state index is 0.319. The Kier molecular flexibility index (Phi) is 6.20. The number of ether oxygens (including phenoxy) is 1. The number of hydrogen-bond donors (Lipinski definition) is 1. The lowest BCUT2D eigenvalue weighted by atomic mass is 9.99. The molecule has 3 nitrogen and oxygen atoms in total. The Hall–Kier alpha value is -2.14. The van der Waals surface area contributed by atoms with Crippen molar-refractivity contribution in [3.63, 3.8) is 0 Å². The molecular formula is C23H26N2OS. The summed E-state index contributed by atoms with van der Waals surface area (Å²) in [6.45, 7) is 4.97. The van der Waals surface area contributed by atoms with Crippen LogP contribution in [-0.4, -0.2) is 31.1 Å². The largest absolute Gasteiger partial charge is 0.489 e. The second-order valence-corrected chi connectivity index (χ2v) is 7.72. The van der Waals surface area contributed by atoms with E-state index in [2.05, 4.69) is 63.4 Å². The van der Waals surface area contributed by atoms with Gasteiger partial charge in [0, 0.05) is 19.6 Å². The molecule has 1 aliphatic rings. The van der Waals surface area contributed by atoms with E-state index in [1.807, 2.05) is 18.2 Å². The summed E-state index contributed by atoms with van der Waals surface area (Å²) in [5, 5.41) is 7.97. The molecule has 1 atom stereocenters. The van der Waals surface area contributed by atoms with Crippen LogP contribution in [-0.2, 0) is 6.61 Å². The number of hydrogen-bond acceptors (Lipinski definition) is 4. The molecule has 1 aromatic heterocycles. The number of rotatable bonds is 6. The van der Waals surface area contributed by atoms with Crippen molar-refractivity contribution >= 4 is 11.3 Å². The van der Waals surface area contributed by atoms with Crippen molar-refractivity contribution in [1.82, 2.24) is 10.2 Å². The molecule has 1 fully saturated rings. The Morgan fingerprint density at radius 3 is 2.56 bits per heavy atom. The van der Waals surface area contributed by atoms with E-state index in [4.69, 9.17) is 4.74 Å². The van der Waals surface area contributed by atoms with E-state index in [0.29, 0.717) is 12.6 Å². The molecule has 0 saturated carbocycles. The van der Waals surface area contributed by atoms with Gasteiger partial charge in [-0.15, -0.1) is 0 Å². The molecule has 1 aliphatic heterocycles. The highest BCUT2D eigenvalue weighted by Gasteiger charge is 2.23. The summed E-state index contributed by atoms with van der Waals surface area (Å²) in [6.07, 6.45) is 1.19. The maximum absolute atomic E-state index is 5.96. The van der Waals surface area contributed by atoms with Crippen LogP contribution in [0.25, 0.3) is 0 Å². The predicted molar refractivity (Wildman–Crippen MR) is 112 cm³/mol. The summed E-state index contributed by atoms with van der Waals surface area (Å²) in [5.41, 5.74) is 3.91. The van der Waals surface area contributed by atoms with Gasteiger partial charge in [-0.05, 0) is 58.6 Å². The second kappa shape index (κ2) is 9.18. The molecule has 3 aromatic rings. The third-order valence-electron chi connectivity index (χ3n) is 5.04. The zero-order valence-electron chi connectivity index (χ0n) is 15.5. The monoisotopic (exact) mass is 378 g/mol. The highest BCUT2D eigenvalue weighted by Crippen LogP contribution is 2.31. The van der Waals surface area contributed by atoms with Crippen molar-refractivity contribution in [2.45, 2.75) is 19.1 Å². The molecule has 0 aliphatic carbocycles. The molecule has 0 bridgehead atoms. The van der Waals surface area contributed by atoms with Crippen molar-refractivity contribution in [1.29, 1.82) is 0 Å². The Bertz CT molecular complexity index is 794. The lowest BCUT2D eigenvalue weighted by molar-refractivity contribution is 0.241. The lowest BCUT2D eigenvalue weighted by Gasteiger charge is -2.30. The van der Waals surface area contributed by atoms with Crippen molar-refractivity contribution < 1.29 is 4.74 Å². The summed E-state index contributed by atoms with van der Waals surface area (Å²) in [5.74, 6) is 0.921. The van der Waals surface area contributed by atoms with E-state index in [1.165, 1.54) is 23.1 Å². The van der Waals surface area contributed by atoms with Gasteiger partial charge in [0.15, 0.2) is 0 Å². The van der Waals surface area contributed by atoms with Crippen LogP contribution < -0.4 is 10.1 Å². The highest BCUT2D eigenvalue weighted by molar-refractivity contribution is 7.08. The molecule has 140 valence electrons. The van der Waals surface area contributed by atoms with E-state index in [9.17, 15) is 0 Å². The molecule has 1 N–H and O–H groups in total. The van der Waals surface area contributed by atoms with Crippen LogP contribution in [0.15, 0.2) is 71.4 Å². The third-order valence-corrected chi connectivity index (χ3v) is 5.74. The fraction of sp³-hybridized carbons (Fsp3) is 0.304. The Morgan fingerprint density at radius 1 is 0.926 bits per heavy atom. The maximum atomic E-state index is 5.96. The van der Waals surface area contributed by atoms with Crippen LogP contribution in [0, 0.1) is 0 Å². The van der Waals surface area contributed by atoms with Gasteiger partial charge in [-0.3, -0.25) is 4.90 Å². The molecule has 0 spiro atoms. The number of nitrogens with one attached hydrogen (secondary N) is 1. The minimum absolute atomic E-state index is 0.319. The first-order valence-electron chi connectivity index (χ1n) is 9.64. The lowest BCUT2D eigenvalue weighted by Crippen LogP contribution is -2.32. The number of benzene rings is 2. The zero-order chi connectivity index (χ0) is 18.3. The van der Waals surface area contributed by atoms with E-state index < -0.39 is 0 Å². The van der Waals surface area contributed by atoms with Crippen LogP contribution in [0.5, 0.6) is 5.75 Å². The van der Waals surface area contributed by atoms with Gasteiger partial charge < -0.3 is 10.1 Å². The summed E-state index contributed by atoms with van der Waals surface area (Å²) in [7, 11) is 0. The summed E-state index contributed by atoms with van der Waals surface area (Å²) < 4.78 is 5.96. The normalized spacial score (nSPS) is 16.6. The molecule has 0 amide bonds.